The van der Waals surface area contributed by atoms with Crippen LogP contribution in [0.2, 0.25) is 5.02 Å². The molecule has 0 atom stereocenters. The van der Waals surface area contributed by atoms with Crippen molar-refractivity contribution in [3.63, 3.8) is 0 Å². The first-order valence-corrected chi connectivity index (χ1v) is 5.33. The Hall–Kier alpha value is -1.74. The highest BCUT2D eigenvalue weighted by molar-refractivity contribution is 6.30. The standard InChI is InChI=1S/C13H10ClFO2/c1-16-11-2-4-12(5-3-11)17-13-7-9(14)6-10(15)8-13/h2-8H,1H3. The fraction of sp³-hybridized carbons (Fsp3) is 0.0769. The van der Waals surface area contributed by atoms with Gasteiger partial charge >= 0.3 is 0 Å². The topological polar surface area (TPSA) is 18.5 Å². The molecule has 2 aromatic carbocycles. The minimum atomic E-state index is -0.430. The number of hydrogen-bond acceptors (Lipinski definition) is 2. The average molecular weight is 253 g/mol. The van der Waals surface area contributed by atoms with E-state index in [9.17, 15) is 4.39 Å². The zero-order valence-electron chi connectivity index (χ0n) is 9.11. The highest BCUT2D eigenvalue weighted by Crippen LogP contribution is 2.26. The molecule has 0 aromatic heterocycles. The van der Waals surface area contributed by atoms with Crippen molar-refractivity contribution >= 4 is 11.6 Å². The zero-order valence-corrected chi connectivity index (χ0v) is 9.87. The second-order valence-electron chi connectivity index (χ2n) is 3.38. The van der Waals surface area contributed by atoms with Crippen molar-refractivity contribution in [3.8, 4) is 17.2 Å². The fourth-order valence-corrected chi connectivity index (χ4v) is 1.58. The quantitative estimate of drug-likeness (QED) is 0.812. The predicted octanol–water partition coefficient (Wildman–Crippen LogP) is 4.28. The van der Waals surface area contributed by atoms with Crippen LogP contribution in [0.3, 0.4) is 0 Å². The second-order valence-corrected chi connectivity index (χ2v) is 3.82. The minimum Gasteiger partial charge on any atom is -0.497 e. The Morgan fingerprint density at radius 1 is 0.941 bits per heavy atom. The van der Waals surface area contributed by atoms with E-state index in [4.69, 9.17) is 21.1 Å². The average Bonchev–Trinajstić information content (AvgIpc) is 2.28. The third-order valence-electron chi connectivity index (χ3n) is 2.13. The number of hydrogen-bond donors (Lipinski definition) is 0. The molecule has 4 heteroatoms. The third-order valence-corrected chi connectivity index (χ3v) is 2.35. The van der Waals surface area contributed by atoms with Crippen molar-refractivity contribution < 1.29 is 13.9 Å². The van der Waals surface area contributed by atoms with E-state index in [0.717, 1.165) is 5.75 Å². The van der Waals surface area contributed by atoms with E-state index in [-0.39, 0.29) is 0 Å². The van der Waals surface area contributed by atoms with E-state index in [1.807, 2.05) is 0 Å². The van der Waals surface area contributed by atoms with Gasteiger partial charge < -0.3 is 9.47 Å². The molecule has 2 nitrogen and oxygen atoms in total. The van der Waals surface area contributed by atoms with Gasteiger partial charge in [-0.3, -0.25) is 0 Å². The first kappa shape index (κ1) is 11.7. The summed E-state index contributed by atoms with van der Waals surface area (Å²) < 4.78 is 23.5. The van der Waals surface area contributed by atoms with E-state index < -0.39 is 5.82 Å². The SMILES string of the molecule is COc1ccc(Oc2cc(F)cc(Cl)c2)cc1. The van der Waals surface area contributed by atoms with Gasteiger partial charge in [0.1, 0.15) is 23.1 Å². The Labute approximate surface area is 104 Å². The molecule has 0 heterocycles. The molecule has 88 valence electrons. The Morgan fingerprint density at radius 3 is 2.18 bits per heavy atom. The molecule has 0 saturated carbocycles. The molecule has 0 bridgehead atoms. The first-order chi connectivity index (χ1) is 8.17. The molecule has 2 aromatic rings. The third kappa shape index (κ3) is 3.11. The molecule has 0 radical (unpaired) electrons. The van der Waals surface area contributed by atoms with E-state index in [1.54, 1.807) is 37.4 Å². The number of halogens is 2. The van der Waals surface area contributed by atoms with Crippen LogP contribution < -0.4 is 9.47 Å². The number of methoxy groups -OCH3 is 1. The van der Waals surface area contributed by atoms with Gasteiger partial charge in [0.2, 0.25) is 0 Å². The Balaban J connectivity index is 2.19. The molecule has 0 unspecified atom stereocenters. The van der Waals surface area contributed by atoms with Crippen molar-refractivity contribution in [1.29, 1.82) is 0 Å². The van der Waals surface area contributed by atoms with Gasteiger partial charge in [-0.25, -0.2) is 4.39 Å². The molecule has 0 amide bonds. The van der Waals surface area contributed by atoms with Crippen LogP contribution in [-0.2, 0) is 0 Å². The summed E-state index contributed by atoms with van der Waals surface area (Å²) in [6, 6.07) is 11.0. The van der Waals surface area contributed by atoms with Gasteiger partial charge in [-0.15, -0.1) is 0 Å². The Morgan fingerprint density at radius 2 is 1.59 bits per heavy atom. The van der Waals surface area contributed by atoms with E-state index in [1.165, 1.54) is 12.1 Å². The van der Waals surface area contributed by atoms with Gasteiger partial charge in [0.25, 0.3) is 0 Å². The van der Waals surface area contributed by atoms with Gasteiger partial charge in [-0.1, -0.05) is 11.6 Å². The molecule has 0 aliphatic carbocycles. The van der Waals surface area contributed by atoms with Crippen LogP contribution >= 0.6 is 11.6 Å². The maximum Gasteiger partial charge on any atom is 0.131 e. The normalized spacial score (nSPS) is 10.1. The summed E-state index contributed by atoms with van der Waals surface area (Å²) in [5, 5.41) is 0.300. The minimum absolute atomic E-state index is 0.300. The first-order valence-electron chi connectivity index (χ1n) is 4.95. The largest absolute Gasteiger partial charge is 0.497 e. The molecule has 0 aliphatic rings. The molecule has 0 aliphatic heterocycles. The van der Waals surface area contributed by atoms with Crippen molar-refractivity contribution in [2.75, 3.05) is 7.11 Å². The highest BCUT2D eigenvalue weighted by Gasteiger charge is 2.02. The molecule has 0 fully saturated rings. The molecular formula is C13H10ClFO2. The monoisotopic (exact) mass is 252 g/mol. The van der Waals surface area contributed by atoms with E-state index >= 15 is 0 Å². The Kier molecular flexibility index (Phi) is 3.49. The lowest BCUT2D eigenvalue weighted by Gasteiger charge is -2.07. The smallest absolute Gasteiger partial charge is 0.131 e. The molecule has 0 N–H and O–H groups in total. The van der Waals surface area contributed by atoms with Gasteiger partial charge in [0, 0.05) is 11.1 Å². The summed E-state index contributed by atoms with van der Waals surface area (Å²) in [5.74, 6) is 1.25. The van der Waals surface area contributed by atoms with Gasteiger partial charge in [0.15, 0.2) is 0 Å². The maximum absolute atomic E-state index is 13.1. The van der Waals surface area contributed by atoms with Crippen LogP contribution in [0.4, 0.5) is 4.39 Å². The lowest BCUT2D eigenvalue weighted by atomic mass is 10.3. The van der Waals surface area contributed by atoms with Gasteiger partial charge in [-0.05, 0) is 36.4 Å². The van der Waals surface area contributed by atoms with Crippen molar-refractivity contribution in [3.05, 3.63) is 53.3 Å². The van der Waals surface area contributed by atoms with Crippen LogP contribution in [0, 0.1) is 5.82 Å². The van der Waals surface area contributed by atoms with Crippen LogP contribution in [0.1, 0.15) is 0 Å². The van der Waals surface area contributed by atoms with E-state index in [0.29, 0.717) is 16.5 Å². The highest BCUT2D eigenvalue weighted by atomic mass is 35.5. The lowest BCUT2D eigenvalue weighted by molar-refractivity contribution is 0.412. The lowest BCUT2D eigenvalue weighted by Crippen LogP contribution is -1.86. The number of rotatable bonds is 3. The number of benzene rings is 2. The molecule has 17 heavy (non-hydrogen) atoms. The fourth-order valence-electron chi connectivity index (χ4n) is 1.37. The van der Waals surface area contributed by atoms with Gasteiger partial charge in [0.05, 0.1) is 7.11 Å². The van der Waals surface area contributed by atoms with Crippen molar-refractivity contribution in [2.45, 2.75) is 0 Å². The predicted molar refractivity (Wildman–Crippen MR) is 64.5 cm³/mol. The van der Waals surface area contributed by atoms with Crippen molar-refractivity contribution in [1.82, 2.24) is 0 Å². The molecule has 2 rings (SSSR count). The second kappa shape index (κ2) is 5.06. The van der Waals surface area contributed by atoms with Crippen LogP contribution in [0.5, 0.6) is 17.2 Å². The summed E-state index contributed by atoms with van der Waals surface area (Å²) in [6.07, 6.45) is 0. The summed E-state index contributed by atoms with van der Waals surface area (Å²) in [5.41, 5.74) is 0. The zero-order chi connectivity index (χ0) is 12.3. The molecular weight excluding hydrogens is 243 g/mol. The van der Waals surface area contributed by atoms with Crippen molar-refractivity contribution in [2.24, 2.45) is 0 Å². The van der Waals surface area contributed by atoms with Crippen LogP contribution in [-0.4, -0.2) is 7.11 Å². The molecule has 0 saturated heterocycles. The summed E-state index contributed by atoms with van der Waals surface area (Å²) in [4.78, 5) is 0. The molecule has 0 spiro atoms. The number of ether oxygens (including phenoxy) is 2. The maximum atomic E-state index is 13.1. The Bertz CT molecular complexity index is 491. The summed E-state index contributed by atoms with van der Waals surface area (Å²) in [6.45, 7) is 0. The summed E-state index contributed by atoms with van der Waals surface area (Å²) >= 11 is 5.72. The van der Waals surface area contributed by atoms with Crippen LogP contribution in [0.25, 0.3) is 0 Å². The van der Waals surface area contributed by atoms with E-state index in [2.05, 4.69) is 0 Å². The van der Waals surface area contributed by atoms with Gasteiger partial charge in [-0.2, -0.15) is 0 Å². The van der Waals surface area contributed by atoms with Crippen LogP contribution in [0.15, 0.2) is 42.5 Å². The summed E-state index contributed by atoms with van der Waals surface area (Å²) in [7, 11) is 1.59.